The van der Waals surface area contributed by atoms with Crippen molar-refractivity contribution in [3.8, 4) is 0 Å². The van der Waals surface area contributed by atoms with Gasteiger partial charge in [-0.15, -0.1) is 0 Å². The summed E-state index contributed by atoms with van der Waals surface area (Å²) >= 11 is 8.05. The number of hydrogen-bond donors (Lipinski definition) is 0. The zero-order valence-corrected chi connectivity index (χ0v) is 19.3. The average Bonchev–Trinajstić information content (AvgIpc) is 3.03. The van der Waals surface area contributed by atoms with Crippen LogP contribution in [0.15, 0.2) is 72.8 Å². The Morgan fingerprint density at radius 3 is 1.53 bits per heavy atom. The lowest BCUT2D eigenvalue weighted by molar-refractivity contribution is -0.122. The van der Waals surface area contributed by atoms with Gasteiger partial charge in [0.2, 0.25) is 11.8 Å². The lowest BCUT2D eigenvalue weighted by atomic mass is 9.54. The second kappa shape index (κ2) is 5.92. The molecule has 7 rings (SSSR count). The molecule has 5 heteroatoms. The number of anilines is 1. The fourth-order valence-electron chi connectivity index (χ4n) is 5.69. The third-order valence-corrected chi connectivity index (χ3v) is 9.54. The number of amides is 2. The minimum atomic E-state index is -0.744. The number of aryl methyl sites for hydroxylation is 1. The number of alkyl halides is 2. The van der Waals surface area contributed by atoms with E-state index in [1.54, 1.807) is 0 Å². The van der Waals surface area contributed by atoms with Crippen molar-refractivity contribution >= 4 is 49.4 Å². The van der Waals surface area contributed by atoms with Gasteiger partial charge in [0.1, 0.15) is 0 Å². The van der Waals surface area contributed by atoms with E-state index < -0.39 is 20.5 Å². The van der Waals surface area contributed by atoms with Gasteiger partial charge in [0, 0.05) is 0 Å². The van der Waals surface area contributed by atoms with Crippen LogP contribution in [0.4, 0.5) is 5.69 Å². The summed E-state index contributed by atoms with van der Waals surface area (Å²) in [7, 11) is 0. The highest BCUT2D eigenvalue weighted by molar-refractivity contribution is 9.10. The van der Waals surface area contributed by atoms with Gasteiger partial charge in [0.15, 0.2) is 0 Å². The fraction of sp³-hybridized carbons (Fsp3) is 0.200. The Morgan fingerprint density at radius 2 is 1.13 bits per heavy atom. The monoisotopic (exact) mass is 521 g/mol. The Hall–Kier alpha value is -2.24. The molecular formula is C25H17Br2NO2. The predicted molar refractivity (Wildman–Crippen MR) is 123 cm³/mol. The molecule has 0 spiro atoms. The molecule has 0 saturated carbocycles. The van der Waals surface area contributed by atoms with Crippen molar-refractivity contribution in [3.63, 3.8) is 0 Å². The standard InChI is InChI=1S/C25H17Br2NO2/c1-14-7-6-8-15(13-14)28-22(29)20-21(23(28)30)25(27)17-10-3-2-9-16(17)24(20,26)18-11-4-5-12-19(18)25/h2-13,20-21H,1H3/t20-,21-,24?,25?/m0/s1. The van der Waals surface area contributed by atoms with Gasteiger partial charge in [-0.1, -0.05) is 92.5 Å². The number of rotatable bonds is 1. The molecule has 0 aromatic heterocycles. The molecule has 0 unspecified atom stereocenters. The van der Waals surface area contributed by atoms with Gasteiger partial charge in [-0.05, 0) is 46.9 Å². The molecule has 1 aliphatic heterocycles. The van der Waals surface area contributed by atoms with Crippen LogP contribution in [-0.2, 0) is 18.2 Å². The van der Waals surface area contributed by atoms with Crippen molar-refractivity contribution in [1.82, 2.24) is 0 Å². The maximum absolute atomic E-state index is 13.9. The first-order chi connectivity index (χ1) is 14.4. The Labute approximate surface area is 191 Å². The molecule has 3 aromatic carbocycles. The van der Waals surface area contributed by atoms with E-state index in [4.69, 9.17) is 0 Å². The van der Waals surface area contributed by atoms with E-state index in [0.29, 0.717) is 5.69 Å². The van der Waals surface area contributed by atoms with Gasteiger partial charge in [0.25, 0.3) is 0 Å². The molecule has 4 aliphatic rings. The molecular weight excluding hydrogens is 506 g/mol. The van der Waals surface area contributed by atoms with Crippen molar-refractivity contribution in [1.29, 1.82) is 0 Å². The summed E-state index contributed by atoms with van der Waals surface area (Å²) in [6, 6.07) is 23.9. The van der Waals surface area contributed by atoms with Crippen LogP contribution in [0.3, 0.4) is 0 Å². The third-order valence-electron chi connectivity index (χ3n) is 6.85. The number of halogens is 2. The van der Waals surface area contributed by atoms with Gasteiger partial charge in [-0.2, -0.15) is 0 Å². The largest absolute Gasteiger partial charge is 0.274 e. The van der Waals surface area contributed by atoms with E-state index in [9.17, 15) is 9.59 Å². The summed E-state index contributed by atoms with van der Waals surface area (Å²) in [5.41, 5.74) is 5.85. The van der Waals surface area contributed by atoms with Gasteiger partial charge >= 0.3 is 0 Å². The maximum Gasteiger partial charge on any atom is 0.239 e. The quantitative estimate of drug-likeness (QED) is 0.317. The second-order valence-corrected chi connectivity index (χ2v) is 10.8. The van der Waals surface area contributed by atoms with Crippen LogP contribution in [0.1, 0.15) is 27.8 Å². The van der Waals surface area contributed by atoms with E-state index >= 15 is 0 Å². The van der Waals surface area contributed by atoms with Crippen LogP contribution in [0.25, 0.3) is 0 Å². The molecule has 3 nitrogen and oxygen atoms in total. The van der Waals surface area contributed by atoms with Crippen LogP contribution in [-0.4, -0.2) is 11.8 Å². The zero-order chi connectivity index (χ0) is 20.8. The Morgan fingerprint density at radius 1 is 0.700 bits per heavy atom. The molecule has 3 aromatic rings. The molecule has 1 fully saturated rings. The molecule has 3 aliphatic carbocycles. The van der Waals surface area contributed by atoms with Crippen molar-refractivity contribution in [2.24, 2.45) is 11.8 Å². The first-order valence-electron chi connectivity index (χ1n) is 9.92. The smallest absolute Gasteiger partial charge is 0.239 e. The highest BCUT2D eigenvalue weighted by atomic mass is 79.9. The summed E-state index contributed by atoms with van der Waals surface area (Å²) in [5.74, 6) is -1.37. The third kappa shape index (κ3) is 1.96. The minimum Gasteiger partial charge on any atom is -0.274 e. The molecule has 1 saturated heterocycles. The molecule has 2 bridgehead atoms. The Balaban J connectivity index is 1.67. The molecule has 1 heterocycles. The summed E-state index contributed by atoms with van der Waals surface area (Å²) in [6.07, 6.45) is 0. The lowest BCUT2D eigenvalue weighted by Crippen LogP contribution is -2.56. The second-order valence-electron chi connectivity index (χ2n) is 8.32. The van der Waals surface area contributed by atoms with Crippen molar-refractivity contribution < 1.29 is 9.59 Å². The molecule has 0 radical (unpaired) electrons. The molecule has 30 heavy (non-hydrogen) atoms. The van der Waals surface area contributed by atoms with E-state index in [2.05, 4.69) is 56.1 Å². The van der Waals surface area contributed by atoms with E-state index in [-0.39, 0.29) is 11.8 Å². The zero-order valence-electron chi connectivity index (χ0n) is 16.1. The van der Waals surface area contributed by atoms with Crippen molar-refractivity contribution in [2.45, 2.75) is 15.6 Å². The number of benzene rings is 3. The van der Waals surface area contributed by atoms with Crippen molar-refractivity contribution in [2.75, 3.05) is 4.90 Å². The molecule has 2 amide bonds. The van der Waals surface area contributed by atoms with Gasteiger partial charge in [0.05, 0.1) is 26.2 Å². The predicted octanol–water partition coefficient (Wildman–Crippen LogP) is 5.40. The molecule has 2 atom stereocenters. The molecule has 0 N–H and O–H groups in total. The minimum absolute atomic E-state index is 0.152. The van der Waals surface area contributed by atoms with E-state index in [0.717, 1.165) is 27.8 Å². The topological polar surface area (TPSA) is 37.4 Å². The summed E-state index contributed by atoms with van der Waals surface area (Å²) in [5, 5.41) is 0. The first-order valence-corrected chi connectivity index (χ1v) is 11.5. The van der Waals surface area contributed by atoms with Gasteiger partial charge in [-0.3, -0.25) is 9.59 Å². The summed E-state index contributed by atoms with van der Waals surface area (Å²) < 4.78 is -1.49. The SMILES string of the molecule is Cc1cccc(N2C(=O)[C@@H]3[C@@H](C2=O)C2(Br)c4ccccc4C3(Br)c3ccccc32)c1. The maximum atomic E-state index is 13.9. The summed E-state index contributed by atoms with van der Waals surface area (Å²) in [6.45, 7) is 1.97. The van der Waals surface area contributed by atoms with E-state index in [1.807, 2.05) is 55.5 Å². The average molecular weight is 523 g/mol. The number of carbonyl (C=O) groups excluding carboxylic acids is 2. The highest BCUT2D eigenvalue weighted by Gasteiger charge is 2.72. The number of hydrogen-bond acceptors (Lipinski definition) is 2. The number of imide groups is 1. The highest BCUT2D eigenvalue weighted by Crippen LogP contribution is 2.70. The Bertz CT molecular complexity index is 1150. The number of nitrogens with zero attached hydrogens (tertiary/aromatic N) is 1. The van der Waals surface area contributed by atoms with Crippen LogP contribution in [0.5, 0.6) is 0 Å². The lowest BCUT2D eigenvalue weighted by Gasteiger charge is -2.55. The normalized spacial score (nSPS) is 30.8. The molecule has 148 valence electrons. The first kappa shape index (κ1) is 18.5. The van der Waals surface area contributed by atoms with Gasteiger partial charge in [-0.25, -0.2) is 4.90 Å². The van der Waals surface area contributed by atoms with Gasteiger partial charge < -0.3 is 0 Å². The van der Waals surface area contributed by atoms with Crippen LogP contribution >= 0.6 is 31.9 Å². The van der Waals surface area contributed by atoms with Crippen LogP contribution in [0, 0.1) is 18.8 Å². The number of carbonyl (C=O) groups is 2. The van der Waals surface area contributed by atoms with Crippen molar-refractivity contribution in [3.05, 3.63) is 101 Å². The fourth-order valence-corrected chi connectivity index (χ4v) is 7.99. The van der Waals surface area contributed by atoms with Crippen LogP contribution < -0.4 is 4.90 Å². The van der Waals surface area contributed by atoms with Crippen LogP contribution in [0.2, 0.25) is 0 Å². The van der Waals surface area contributed by atoms with E-state index in [1.165, 1.54) is 4.90 Å². The summed E-state index contributed by atoms with van der Waals surface area (Å²) in [4.78, 5) is 29.1. The Kier molecular flexibility index (Phi) is 3.66.